The first-order valence-corrected chi connectivity index (χ1v) is 8.29. The van der Waals surface area contributed by atoms with E-state index in [1.165, 1.54) is 0 Å². The molecule has 0 spiro atoms. The number of nitrogens with one attached hydrogen (secondary N) is 1. The van der Waals surface area contributed by atoms with E-state index in [9.17, 15) is 8.42 Å². The fourth-order valence-electron chi connectivity index (χ4n) is 2.16. The van der Waals surface area contributed by atoms with Crippen LogP contribution in [0.5, 0.6) is 0 Å². The molecule has 1 aromatic carbocycles. The van der Waals surface area contributed by atoms with E-state index in [2.05, 4.69) is 16.6 Å². The van der Waals surface area contributed by atoms with Gasteiger partial charge < -0.3 is 9.84 Å². The minimum atomic E-state index is -3.62. The fraction of sp³-hybridized carbons (Fsp3) is 0.467. The van der Waals surface area contributed by atoms with Crippen molar-refractivity contribution in [1.82, 2.24) is 4.72 Å². The van der Waals surface area contributed by atoms with Crippen LogP contribution in [0, 0.1) is 24.7 Å². The van der Waals surface area contributed by atoms with E-state index >= 15 is 0 Å². The van der Waals surface area contributed by atoms with E-state index in [1.54, 1.807) is 18.2 Å². The molecule has 0 aromatic heterocycles. The third-order valence-electron chi connectivity index (χ3n) is 3.31. The second kappa shape index (κ2) is 7.05. The summed E-state index contributed by atoms with van der Waals surface area (Å²) >= 11 is 0. The standard InChI is InChI=1S/C15H19NO4S/c1-12-4-5-15(14(9-12)3-2-7-17)21(18,19)16-10-13-6-8-20-11-13/h4-5,9,13,16-17H,6-8,10-11H2,1H3. The van der Waals surface area contributed by atoms with Crippen LogP contribution in [0.1, 0.15) is 17.5 Å². The molecule has 1 aliphatic rings. The summed E-state index contributed by atoms with van der Waals surface area (Å²) in [6, 6.07) is 4.98. The van der Waals surface area contributed by atoms with Crippen LogP contribution < -0.4 is 4.72 Å². The molecule has 1 unspecified atom stereocenters. The van der Waals surface area contributed by atoms with Crippen molar-refractivity contribution in [2.45, 2.75) is 18.2 Å². The maximum Gasteiger partial charge on any atom is 0.241 e. The predicted octanol–water partition coefficient (Wildman–Crippen LogP) is 0.654. The molecule has 0 saturated carbocycles. The molecule has 1 aliphatic heterocycles. The van der Waals surface area contributed by atoms with E-state index in [4.69, 9.17) is 9.84 Å². The number of ether oxygens (including phenoxy) is 1. The molecule has 1 heterocycles. The van der Waals surface area contributed by atoms with Gasteiger partial charge in [0.25, 0.3) is 0 Å². The highest BCUT2D eigenvalue weighted by molar-refractivity contribution is 7.89. The quantitative estimate of drug-likeness (QED) is 0.801. The van der Waals surface area contributed by atoms with Crippen molar-refractivity contribution >= 4 is 10.0 Å². The molecule has 1 aromatic rings. The average molecular weight is 309 g/mol. The molecule has 6 heteroatoms. The van der Waals surface area contributed by atoms with Gasteiger partial charge in [-0.15, -0.1) is 0 Å². The lowest BCUT2D eigenvalue weighted by Crippen LogP contribution is -2.30. The van der Waals surface area contributed by atoms with Crippen molar-refractivity contribution in [1.29, 1.82) is 0 Å². The van der Waals surface area contributed by atoms with Crippen LogP contribution in [0.2, 0.25) is 0 Å². The second-order valence-electron chi connectivity index (χ2n) is 5.04. The topological polar surface area (TPSA) is 75.6 Å². The summed E-state index contributed by atoms with van der Waals surface area (Å²) in [6.45, 7) is 3.20. The van der Waals surface area contributed by atoms with E-state index < -0.39 is 10.0 Å². The van der Waals surface area contributed by atoms with Gasteiger partial charge in [-0.3, -0.25) is 0 Å². The van der Waals surface area contributed by atoms with Crippen molar-refractivity contribution in [2.75, 3.05) is 26.4 Å². The number of benzene rings is 1. The highest BCUT2D eigenvalue weighted by Crippen LogP contribution is 2.18. The number of hydrogen-bond donors (Lipinski definition) is 2. The Kier molecular flexibility index (Phi) is 5.37. The largest absolute Gasteiger partial charge is 0.384 e. The molecule has 0 aliphatic carbocycles. The Labute approximate surface area is 125 Å². The Hall–Kier alpha value is -1.39. The molecule has 1 fully saturated rings. The first kappa shape index (κ1) is 16.0. The van der Waals surface area contributed by atoms with Crippen molar-refractivity contribution in [3.05, 3.63) is 29.3 Å². The third-order valence-corrected chi connectivity index (χ3v) is 4.79. The molecular formula is C15H19NO4S. The van der Waals surface area contributed by atoms with E-state index in [0.717, 1.165) is 12.0 Å². The van der Waals surface area contributed by atoms with Crippen molar-refractivity contribution in [3.63, 3.8) is 0 Å². The van der Waals surface area contributed by atoms with Crippen LogP contribution in [-0.2, 0) is 14.8 Å². The van der Waals surface area contributed by atoms with E-state index in [-0.39, 0.29) is 17.4 Å². The summed E-state index contributed by atoms with van der Waals surface area (Å²) in [5, 5.41) is 8.78. The Balaban J connectivity index is 2.21. The zero-order valence-corrected chi connectivity index (χ0v) is 12.7. The van der Waals surface area contributed by atoms with E-state index in [1.807, 2.05) is 6.92 Å². The Morgan fingerprint density at radius 1 is 1.48 bits per heavy atom. The molecule has 5 nitrogen and oxygen atoms in total. The first-order chi connectivity index (χ1) is 10.0. The summed E-state index contributed by atoms with van der Waals surface area (Å²) in [5.74, 6) is 5.41. The Bertz CT molecular complexity index is 652. The van der Waals surface area contributed by atoms with Crippen LogP contribution in [0.3, 0.4) is 0 Å². The van der Waals surface area contributed by atoms with E-state index in [0.29, 0.717) is 25.3 Å². The fourth-order valence-corrected chi connectivity index (χ4v) is 3.42. The van der Waals surface area contributed by atoms with Gasteiger partial charge in [-0.25, -0.2) is 13.1 Å². The van der Waals surface area contributed by atoms with Crippen molar-refractivity contribution in [2.24, 2.45) is 5.92 Å². The summed E-state index contributed by atoms with van der Waals surface area (Å²) in [7, 11) is -3.62. The number of aliphatic hydroxyl groups is 1. The zero-order valence-electron chi connectivity index (χ0n) is 11.9. The van der Waals surface area contributed by atoms with Crippen LogP contribution in [-0.4, -0.2) is 39.9 Å². The molecule has 1 atom stereocenters. The van der Waals surface area contributed by atoms with Gasteiger partial charge in [0.05, 0.1) is 11.5 Å². The summed E-state index contributed by atoms with van der Waals surface area (Å²) < 4.78 is 32.7. The summed E-state index contributed by atoms with van der Waals surface area (Å²) in [6.07, 6.45) is 0.869. The molecule has 0 radical (unpaired) electrons. The second-order valence-corrected chi connectivity index (χ2v) is 6.78. The SMILES string of the molecule is Cc1ccc(S(=O)(=O)NCC2CCOC2)c(C#CCO)c1. The van der Waals surface area contributed by atoms with Gasteiger partial charge in [0.2, 0.25) is 10.0 Å². The lowest BCUT2D eigenvalue weighted by atomic mass is 10.1. The molecule has 21 heavy (non-hydrogen) atoms. The number of rotatable bonds is 4. The average Bonchev–Trinajstić information content (AvgIpc) is 2.96. The molecule has 2 N–H and O–H groups in total. The van der Waals surface area contributed by atoms with Crippen LogP contribution in [0.4, 0.5) is 0 Å². The van der Waals surface area contributed by atoms with Crippen molar-refractivity contribution in [3.8, 4) is 11.8 Å². The lowest BCUT2D eigenvalue weighted by Gasteiger charge is -2.12. The monoisotopic (exact) mass is 309 g/mol. The molecule has 114 valence electrons. The van der Waals surface area contributed by atoms with Crippen LogP contribution in [0.15, 0.2) is 23.1 Å². The van der Waals surface area contributed by atoms with Crippen LogP contribution in [0.25, 0.3) is 0 Å². The number of aryl methyl sites for hydroxylation is 1. The minimum absolute atomic E-state index is 0.146. The van der Waals surface area contributed by atoms with Crippen LogP contribution >= 0.6 is 0 Å². The Morgan fingerprint density at radius 2 is 2.29 bits per heavy atom. The van der Waals surface area contributed by atoms with Gasteiger partial charge in [0, 0.05) is 18.7 Å². The molecule has 2 rings (SSSR count). The summed E-state index contributed by atoms with van der Waals surface area (Å²) in [4.78, 5) is 0.146. The summed E-state index contributed by atoms with van der Waals surface area (Å²) in [5.41, 5.74) is 1.32. The van der Waals surface area contributed by atoms with Gasteiger partial charge in [-0.2, -0.15) is 0 Å². The predicted molar refractivity (Wildman–Crippen MR) is 79.3 cm³/mol. The van der Waals surface area contributed by atoms with Gasteiger partial charge in [-0.1, -0.05) is 17.9 Å². The maximum absolute atomic E-state index is 12.4. The number of sulfonamides is 1. The smallest absolute Gasteiger partial charge is 0.241 e. The third kappa shape index (κ3) is 4.29. The highest BCUT2D eigenvalue weighted by atomic mass is 32.2. The highest BCUT2D eigenvalue weighted by Gasteiger charge is 2.22. The molecular weight excluding hydrogens is 290 g/mol. The molecule has 0 bridgehead atoms. The normalized spacial score (nSPS) is 18.3. The van der Waals surface area contributed by atoms with Gasteiger partial charge in [0.15, 0.2) is 0 Å². The lowest BCUT2D eigenvalue weighted by molar-refractivity contribution is 0.186. The maximum atomic E-state index is 12.4. The van der Waals surface area contributed by atoms with Gasteiger partial charge >= 0.3 is 0 Å². The molecule has 0 amide bonds. The minimum Gasteiger partial charge on any atom is -0.384 e. The van der Waals surface area contributed by atoms with Crippen molar-refractivity contribution < 1.29 is 18.3 Å². The Morgan fingerprint density at radius 3 is 2.95 bits per heavy atom. The first-order valence-electron chi connectivity index (χ1n) is 6.81. The van der Waals surface area contributed by atoms with Gasteiger partial charge in [-0.05, 0) is 37.0 Å². The molecule has 1 saturated heterocycles. The number of aliphatic hydroxyl groups excluding tert-OH is 1. The zero-order chi connectivity index (χ0) is 15.3. The van der Waals surface area contributed by atoms with Gasteiger partial charge in [0.1, 0.15) is 6.61 Å². The number of hydrogen-bond acceptors (Lipinski definition) is 4.